The van der Waals surface area contributed by atoms with Gasteiger partial charge in [0.2, 0.25) is 0 Å². The molecular weight excluding hydrogens is 328 g/mol. The van der Waals surface area contributed by atoms with Gasteiger partial charge in [-0.3, -0.25) is 4.79 Å². The molecule has 3 rings (SSSR count). The van der Waals surface area contributed by atoms with Gasteiger partial charge in [-0.2, -0.15) is 0 Å². The van der Waals surface area contributed by atoms with Crippen LogP contribution in [0.15, 0.2) is 42.1 Å². The van der Waals surface area contributed by atoms with Crippen LogP contribution in [0, 0.1) is 0 Å². The summed E-state index contributed by atoms with van der Waals surface area (Å²) in [5, 5.41) is 0.896. The van der Waals surface area contributed by atoms with Crippen LogP contribution in [0.1, 0.15) is 6.42 Å². The maximum atomic E-state index is 11.8. The molecule has 9 heteroatoms. The Labute approximate surface area is 142 Å². The molecule has 3 aromatic rings. The fraction of sp³-hybridized carbons (Fsp3) is 0.267. The number of hydrogen-bond donors (Lipinski definition) is 1. The molecule has 124 valence electrons. The zero-order chi connectivity index (χ0) is 16.8. The summed E-state index contributed by atoms with van der Waals surface area (Å²) >= 11 is 1.53. The minimum absolute atomic E-state index is 0.239. The number of nitrogens with zero attached hydrogens (tertiary/aromatic N) is 5. The van der Waals surface area contributed by atoms with Gasteiger partial charge in [-0.15, -0.1) is 11.8 Å². The third-order valence-electron chi connectivity index (χ3n) is 3.22. The number of carbonyl (C=O) groups excluding carboxylic acids is 1. The van der Waals surface area contributed by atoms with Gasteiger partial charge >= 0.3 is 5.97 Å². The van der Waals surface area contributed by atoms with Crippen molar-refractivity contribution in [1.29, 1.82) is 0 Å². The number of esters is 1. The normalized spacial score (nSPS) is 10.8. The molecule has 8 nitrogen and oxygen atoms in total. The first-order valence-corrected chi connectivity index (χ1v) is 8.33. The van der Waals surface area contributed by atoms with Crippen molar-refractivity contribution in [3.05, 3.63) is 37.1 Å². The van der Waals surface area contributed by atoms with Crippen molar-refractivity contribution < 1.29 is 9.53 Å². The average molecular weight is 344 g/mol. The van der Waals surface area contributed by atoms with E-state index in [-0.39, 0.29) is 12.6 Å². The van der Waals surface area contributed by atoms with Crippen LogP contribution >= 0.6 is 11.8 Å². The number of fused-ring (bicyclic) bond motifs is 1. The van der Waals surface area contributed by atoms with E-state index in [9.17, 15) is 4.79 Å². The average Bonchev–Trinajstić information content (AvgIpc) is 3.01. The molecule has 0 unspecified atom stereocenters. The van der Waals surface area contributed by atoms with Gasteiger partial charge in [0.1, 0.15) is 18.5 Å². The Bertz CT molecular complexity index is 823. The van der Waals surface area contributed by atoms with Gasteiger partial charge in [-0.05, 0) is 12.1 Å². The Morgan fingerprint density at radius 3 is 3.00 bits per heavy atom. The van der Waals surface area contributed by atoms with Gasteiger partial charge in [0.05, 0.1) is 24.3 Å². The number of nitrogen functional groups attached to an aromatic ring is 1. The molecular formula is C15H16N6O2S. The number of ether oxygens (including phenoxy) is 1. The number of hydrogen-bond acceptors (Lipinski definition) is 8. The summed E-state index contributed by atoms with van der Waals surface area (Å²) in [6.07, 6.45) is 5.06. The third-order valence-corrected chi connectivity index (χ3v) is 4.16. The maximum absolute atomic E-state index is 11.8. The lowest BCUT2D eigenvalue weighted by Gasteiger charge is -2.06. The van der Waals surface area contributed by atoms with Crippen molar-refractivity contribution >= 4 is 34.7 Å². The number of nitrogens with two attached hydrogens (primary N) is 1. The quantitative estimate of drug-likeness (QED) is 0.508. The molecule has 2 N–H and O–H groups in total. The summed E-state index contributed by atoms with van der Waals surface area (Å²) in [6, 6.07) is 5.68. The van der Waals surface area contributed by atoms with Crippen LogP contribution < -0.4 is 5.73 Å². The number of rotatable bonds is 7. The maximum Gasteiger partial charge on any atom is 0.306 e. The van der Waals surface area contributed by atoms with Crippen molar-refractivity contribution in [3.8, 4) is 0 Å². The predicted molar refractivity (Wildman–Crippen MR) is 90.3 cm³/mol. The first kappa shape index (κ1) is 16.2. The fourth-order valence-electron chi connectivity index (χ4n) is 2.06. The van der Waals surface area contributed by atoms with Crippen LogP contribution in [0.25, 0.3) is 11.2 Å². The van der Waals surface area contributed by atoms with Crippen LogP contribution in [0.2, 0.25) is 0 Å². The molecule has 0 bridgehead atoms. The van der Waals surface area contributed by atoms with Crippen molar-refractivity contribution in [3.63, 3.8) is 0 Å². The summed E-state index contributed by atoms with van der Waals surface area (Å²) in [4.78, 5) is 28.1. The predicted octanol–water partition coefficient (Wildman–Crippen LogP) is 1.53. The lowest BCUT2D eigenvalue weighted by molar-refractivity contribution is -0.143. The number of aromatic nitrogens is 5. The molecule has 0 radical (unpaired) electrons. The topological polar surface area (TPSA) is 109 Å². The molecule has 0 saturated heterocycles. The van der Waals surface area contributed by atoms with Crippen LogP contribution in [0.4, 0.5) is 5.82 Å². The van der Waals surface area contributed by atoms with E-state index in [1.54, 1.807) is 17.1 Å². The Morgan fingerprint density at radius 1 is 1.25 bits per heavy atom. The van der Waals surface area contributed by atoms with E-state index < -0.39 is 0 Å². The summed E-state index contributed by atoms with van der Waals surface area (Å²) in [5.74, 6) is 0.729. The summed E-state index contributed by atoms with van der Waals surface area (Å²) in [6.45, 7) is 0.717. The van der Waals surface area contributed by atoms with Gasteiger partial charge in [0, 0.05) is 11.9 Å². The van der Waals surface area contributed by atoms with E-state index in [4.69, 9.17) is 10.5 Å². The van der Waals surface area contributed by atoms with Crippen LogP contribution in [0.5, 0.6) is 0 Å². The highest BCUT2D eigenvalue weighted by atomic mass is 32.2. The highest BCUT2D eigenvalue weighted by Gasteiger charge is 2.09. The molecule has 0 spiro atoms. The largest absolute Gasteiger partial charge is 0.464 e. The Hall–Kier alpha value is -2.68. The SMILES string of the molecule is Nc1ncnc2c1ncn2CCOC(=O)CCSc1ccccn1. The van der Waals surface area contributed by atoms with E-state index in [1.807, 2.05) is 18.2 Å². The molecule has 3 aromatic heterocycles. The first-order chi connectivity index (χ1) is 11.7. The van der Waals surface area contributed by atoms with E-state index >= 15 is 0 Å². The number of anilines is 1. The number of thioether (sulfide) groups is 1. The van der Waals surface area contributed by atoms with E-state index in [2.05, 4.69) is 19.9 Å². The van der Waals surface area contributed by atoms with Crippen LogP contribution in [0.3, 0.4) is 0 Å². The second kappa shape index (κ2) is 7.73. The number of carbonyl (C=O) groups is 1. The van der Waals surface area contributed by atoms with Crippen LogP contribution in [-0.2, 0) is 16.1 Å². The van der Waals surface area contributed by atoms with Gasteiger partial charge in [-0.25, -0.2) is 19.9 Å². The molecule has 0 aliphatic carbocycles. The van der Waals surface area contributed by atoms with Crippen molar-refractivity contribution in [2.75, 3.05) is 18.1 Å². The molecule has 0 saturated carbocycles. The smallest absolute Gasteiger partial charge is 0.306 e. The lowest BCUT2D eigenvalue weighted by Crippen LogP contribution is -2.11. The van der Waals surface area contributed by atoms with Crippen molar-refractivity contribution in [2.45, 2.75) is 18.0 Å². The zero-order valence-corrected chi connectivity index (χ0v) is 13.6. The highest BCUT2D eigenvalue weighted by molar-refractivity contribution is 7.99. The molecule has 24 heavy (non-hydrogen) atoms. The Kier molecular flexibility index (Phi) is 5.22. The molecule has 0 fully saturated rings. The highest BCUT2D eigenvalue weighted by Crippen LogP contribution is 2.15. The van der Waals surface area contributed by atoms with E-state index in [1.165, 1.54) is 18.1 Å². The summed E-state index contributed by atoms with van der Waals surface area (Å²) in [5.41, 5.74) is 6.91. The summed E-state index contributed by atoms with van der Waals surface area (Å²) < 4.78 is 7.02. The molecule has 0 aliphatic heterocycles. The summed E-state index contributed by atoms with van der Waals surface area (Å²) in [7, 11) is 0. The number of imidazole rings is 1. The monoisotopic (exact) mass is 344 g/mol. The van der Waals surface area contributed by atoms with Gasteiger partial charge in [0.25, 0.3) is 0 Å². The van der Waals surface area contributed by atoms with Gasteiger partial charge in [0.15, 0.2) is 11.5 Å². The lowest BCUT2D eigenvalue weighted by atomic mass is 10.5. The third kappa shape index (κ3) is 3.99. The van der Waals surface area contributed by atoms with Crippen molar-refractivity contribution in [1.82, 2.24) is 24.5 Å². The fourth-order valence-corrected chi connectivity index (χ4v) is 2.85. The second-order valence-corrected chi connectivity index (χ2v) is 5.97. The second-order valence-electron chi connectivity index (χ2n) is 4.86. The molecule has 0 atom stereocenters. The molecule has 0 amide bonds. The standard InChI is InChI=1S/C15H16N6O2S/c16-14-13-15(19-9-18-14)21(10-20-13)6-7-23-12(22)4-8-24-11-3-1-2-5-17-11/h1-3,5,9-10H,4,6-8H2,(H2,16,18,19). The molecule has 0 aliphatic rings. The molecule has 3 heterocycles. The zero-order valence-electron chi connectivity index (χ0n) is 12.8. The van der Waals surface area contributed by atoms with Gasteiger partial charge < -0.3 is 15.0 Å². The van der Waals surface area contributed by atoms with E-state index in [0.717, 1.165) is 5.03 Å². The molecule has 0 aromatic carbocycles. The Morgan fingerprint density at radius 2 is 2.17 bits per heavy atom. The van der Waals surface area contributed by atoms with Gasteiger partial charge in [-0.1, -0.05) is 6.07 Å². The minimum Gasteiger partial charge on any atom is -0.464 e. The first-order valence-electron chi connectivity index (χ1n) is 7.35. The Balaban J connectivity index is 1.42. The van der Waals surface area contributed by atoms with E-state index in [0.29, 0.717) is 35.7 Å². The van der Waals surface area contributed by atoms with Crippen molar-refractivity contribution in [2.24, 2.45) is 0 Å². The minimum atomic E-state index is -0.239. The van der Waals surface area contributed by atoms with Crippen LogP contribution in [-0.4, -0.2) is 42.8 Å². The number of pyridine rings is 1.